The fourth-order valence-electron chi connectivity index (χ4n) is 4.15. The van der Waals surface area contributed by atoms with Crippen molar-refractivity contribution in [3.8, 4) is 11.3 Å². The predicted octanol–water partition coefficient (Wildman–Crippen LogP) is 5.07. The molecule has 0 bridgehead atoms. The molecule has 7 nitrogen and oxygen atoms in total. The van der Waals surface area contributed by atoms with Gasteiger partial charge in [-0.1, -0.05) is 51.1 Å². The van der Waals surface area contributed by atoms with Crippen LogP contribution >= 0.6 is 0 Å². The van der Waals surface area contributed by atoms with Crippen LogP contribution in [0.25, 0.3) is 11.3 Å². The molecule has 0 aliphatic rings. The highest BCUT2D eigenvalue weighted by Gasteiger charge is 2.40. The summed E-state index contributed by atoms with van der Waals surface area (Å²) >= 11 is 0. The molecule has 202 valence electrons. The van der Waals surface area contributed by atoms with E-state index >= 15 is 0 Å². The molecule has 1 amide bonds. The Labute approximate surface area is 213 Å². The highest BCUT2D eigenvalue weighted by atomic mass is 19.4. The summed E-state index contributed by atoms with van der Waals surface area (Å²) in [5, 5.41) is 0. The van der Waals surface area contributed by atoms with Gasteiger partial charge in [0.2, 0.25) is 11.7 Å². The number of hydrogen-bond acceptors (Lipinski definition) is 5. The Hall–Kier alpha value is -3.18. The standard InChI is InChI=1S/C26H32F4N4O3/c1-25(2,3)23(34(13-18(27)12-31)22(35)16-36-4)24-32-20(17-8-6-5-7-9-17)15-33(24)14-19-10-11-21(37-19)26(28,29)30/h5-11,15,18,23H,12-14,16,31H2,1-4H3/t18-,23+/m1/s1. The zero-order valence-electron chi connectivity index (χ0n) is 21.3. The molecule has 0 saturated carbocycles. The molecule has 0 fully saturated rings. The number of methoxy groups -OCH3 is 1. The van der Waals surface area contributed by atoms with E-state index in [2.05, 4.69) is 0 Å². The van der Waals surface area contributed by atoms with Crippen LogP contribution in [0.4, 0.5) is 17.6 Å². The first-order chi connectivity index (χ1) is 17.3. The van der Waals surface area contributed by atoms with Gasteiger partial charge in [0, 0.05) is 25.4 Å². The fourth-order valence-corrected chi connectivity index (χ4v) is 4.15. The van der Waals surface area contributed by atoms with E-state index in [1.807, 2.05) is 51.1 Å². The number of benzene rings is 1. The summed E-state index contributed by atoms with van der Waals surface area (Å²) in [5.41, 5.74) is 6.18. The number of furan rings is 1. The van der Waals surface area contributed by atoms with Gasteiger partial charge in [0.25, 0.3) is 0 Å². The van der Waals surface area contributed by atoms with Gasteiger partial charge in [0.1, 0.15) is 24.4 Å². The first kappa shape index (κ1) is 28.4. The van der Waals surface area contributed by atoms with Crippen molar-refractivity contribution in [2.45, 2.75) is 45.7 Å². The lowest BCUT2D eigenvalue weighted by molar-refractivity contribution is -0.153. The van der Waals surface area contributed by atoms with E-state index in [0.29, 0.717) is 11.5 Å². The lowest BCUT2D eigenvalue weighted by atomic mass is 9.84. The second-order valence-corrected chi connectivity index (χ2v) is 9.82. The molecule has 1 aromatic carbocycles. The maximum absolute atomic E-state index is 14.6. The Morgan fingerprint density at radius 2 is 1.84 bits per heavy atom. The number of carbonyl (C=O) groups is 1. The normalized spacial score (nSPS) is 14.0. The van der Waals surface area contributed by atoms with Crippen LogP contribution in [0.5, 0.6) is 0 Å². The summed E-state index contributed by atoms with van der Waals surface area (Å²) in [6.07, 6.45) is -4.43. The second-order valence-electron chi connectivity index (χ2n) is 9.82. The Bertz CT molecular complexity index is 1170. The largest absolute Gasteiger partial charge is 0.455 e. The molecule has 0 saturated heterocycles. The smallest absolute Gasteiger partial charge is 0.449 e. The maximum atomic E-state index is 14.6. The number of nitrogens with zero attached hydrogens (tertiary/aromatic N) is 3. The van der Waals surface area contributed by atoms with Crippen LogP contribution in [-0.2, 0) is 22.3 Å². The van der Waals surface area contributed by atoms with Crippen molar-refractivity contribution in [2.75, 3.05) is 26.8 Å². The highest BCUT2D eigenvalue weighted by molar-refractivity contribution is 5.78. The molecule has 37 heavy (non-hydrogen) atoms. The number of carbonyl (C=O) groups excluding carboxylic acids is 1. The van der Waals surface area contributed by atoms with Crippen LogP contribution in [0, 0.1) is 5.41 Å². The van der Waals surface area contributed by atoms with Crippen molar-refractivity contribution in [1.82, 2.24) is 14.5 Å². The number of halogens is 4. The predicted molar refractivity (Wildman–Crippen MR) is 130 cm³/mol. The number of alkyl halides is 4. The molecule has 0 spiro atoms. The molecule has 2 N–H and O–H groups in total. The quantitative estimate of drug-likeness (QED) is 0.375. The van der Waals surface area contributed by atoms with Gasteiger partial charge in [0.05, 0.1) is 24.8 Å². The molecule has 0 aliphatic heterocycles. The minimum atomic E-state index is -4.62. The summed E-state index contributed by atoms with van der Waals surface area (Å²) in [5.74, 6) is -1.16. The number of amides is 1. The average molecular weight is 525 g/mol. The van der Waals surface area contributed by atoms with Gasteiger partial charge < -0.3 is 24.4 Å². The Balaban J connectivity index is 2.16. The van der Waals surface area contributed by atoms with Gasteiger partial charge in [0.15, 0.2) is 0 Å². The van der Waals surface area contributed by atoms with Crippen LogP contribution in [0.15, 0.2) is 53.1 Å². The van der Waals surface area contributed by atoms with Gasteiger partial charge in [-0.3, -0.25) is 4.79 Å². The third-order valence-electron chi connectivity index (χ3n) is 5.76. The molecule has 0 unspecified atom stereocenters. The number of hydrogen-bond donors (Lipinski definition) is 1. The third kappa shape index (κ3) is 6.98. The molecule has 2 aromatic heterocycles. The Kier molecular flexibility index (Phi) is 8.80. The lowest BCUT2D eigenvalue weighted by Gasteiger charge is -2.40. The van der Waals surface area contributed by atoms with E-state index in [0.717, 1.165) is 11.6 Å². The summed E-state index contributed by atoms with van der Waals surface area (Å²) in [7, 11) is 1.36. The first-order valence-electron chi connectivity index (χ1n) is 11.8. The third-order valence-corrected chi connectivity index (χ3v) is 5.76. The number of rotatable bonds is 10. The summed E-state index contributed by atoms with van der Waals surface area (Å²) in [4.78, 5) is 19.3. The van der Waals surface area contributed by atoms with Crippen LogP contribution in [0.2, 0.25) is 0 Å². The molecule has 2 heterocycles. The van der Waals surface area contributed by atoms with Gasteiger partial charge >= 0.3 is 6.18 Å². The summed E-state index contributed by atoms with van der Waals surface area (Å²) in [6.45, 7) is 4.66. The van der Waals surface area contributed by atoms with Crippen molar-refractivity contribution in [1.29, 1.82) is 0 Å². The lowest BCUT2D eigenvalue weighted by Crippen LogP contribution is -2.47. The molecule has 11 heteroatoms. The second kappa shape index (κ2) is 11.5. The van der Waals surface area contributed by atoms with Crippen LogP contribution in [0.1, 0.15) is 44.2 Å². The van der Waals surface area contributed by atoms with E-state index < -0.39 is 35.5 Å². The maximum Gasteiger partial charge on any atom is 0.449 e. The van der Waals surface area contributed by atoms with Crippen LogP contribution < -0.4 is 5.73 Å². The van der Waals surface area contributed by atoms with Gasteiger partial charge in [-0.25, -0.2) is 9.37 Å². The van der Waals surface area contributed by atoms with E-state index in [-0.39, 0.29) is 32.0 Å². The molecule has 2 atom stereocenters. The van der Waals surface area contributed by atoms with E-state index in [1.54, 1.807) is 10.8 Å². The van der Waals surface area contributed by atoms with Crippen molar-refractivity contribution >= 4 is 5.91 Å². The topological polar surface area (TPSA) is 86.5 Å². The van der Waals surface area contributed by atoms with Crippen LogP contribution in [0.3, 0.4) is 0 Å². The minimum Gasteiger partial charge on any atom is -0.455 e. The molecular weight excluding hydrogens is 492 g/mol. The molecule has 3 rings (SSSR count). The zero-order valence-corrected chi connectivity index (χ0v) is 21.3. The summed E-state index contributed by atoms with van der Waals surface area (Å²) in [6, 6.07) is 10.6. The van der Waals surface area contributed by atoms with Gasteiger partial charge in [-0.15, -0.1) is 0 Å². The van der Waals surface area contributed by atoms with Crippen molar-refractivity contribution in [3.63, 3.8) is 0 Å². The highest BCUT2D eigenvalue weighted by Crippen LogP contribution is 2.39. The van der Waals surface area contributed by atoms with E-state index in [4.69, 9.17) is 19.9 Å². The minimum absolute atomic E-state index is 0.0540. The number of ether oxygens (including phenoxy) is 1. The molecular formula is C26H32F4N4O3. The van der Waals surface area contributed by atoms with E-state index in [9.17, 15) is 22.4 Å². The number of imidazole rings is 1. The SMILES string of the molecule is COCC(=O)N(C[C@H](F)CN)[C@@H](c1nc(-c2ccccc2)cn1Cc1ccc(C(F)(F)F)o1)C(C)(C)C. The Morgan fingerprint density at radius 3 is 2.38 bits per heavy atom. The molecule has 0 radical (unpaired) electrons. The van der Waals surface area contributed by atoms with E-state index in [1.165, 1.54) is 18.1 Å². The molecule has 3 aromatic rings. The van der Waals surface area contributed by atoms with Crippen LogP contribution in [-0.4, -0.2) is 53.3 Å². The van der Waals surface area contributed by atoms with Gasteiger partial charge in [-0.2, -0.15) is 13.2 Å². The first-order valence-corrected chi connectivity index (χ1v) is 11.8. The fraction of sp³-hybridized carbons (Fsp3) is 0.462. The number of nitrogens with two attached hydrogens (primary N) is 1. The monoisotopic (exact) mass is 524 g/mol. The molecule has 0 aliphatic carbocycles. The van der Waals surface area contributed by atoms with Crippen molar-refractivity contribution in [3.05, 3.63) is 66.0 Å². The zero-order chi connectivity index (χ0) is 27.4. The van der Waals surface area contributed by atoms with Crippen molar-refractivity contribution in [2.24, 2.45) is 11.1 Å². The summed E-state index contributed by atoms with van der Waals surface area (Å²) < 4.78 is 65.7. The number of aromatic nitrogens is 2. The van der Waals surface area contributed by atoms with Crippen molar-refractivity contribution < 1.29 is 31.5 Å². The average Bonchev–Trinajstić information content (AvgIpc) is 3.46. The Morgan fingerprint density at radius 1 is 1.16 bits per heavy atom. The van der Waals surface area contributed by atoms with Gasteiger partial charge in [-0.05, 0) is 17.5 Å².